The van der Waals surface area contributed by atoms with Crippen LogP contribution in [0.15, 0.2) is 12.3 Å². The molecule has 1 aromatic heterocycles. The first-order valence-electron chi connectivity index (χ1n) is 6.04. The molecule has 88 valence electrons. The number of aromatic nitrogens is 1. The second-order valence-corrected chi connectivity index (χ2v) is 4.49. The molecule has 0 bridgehead atoms. The van der Waals surface area contributed by atoms with Crippen LogP contribution < -0.4 is 0 Å². The minimum atomic E-state index is 0.186. The molecule has 1 rings (SSSR count). The zero-order chi connectivity index (χ0) is 12.1. The Hall–Kier alpha value is -1.18. The van der Waals surface area contributed by atoms with Crippen LogP contribution in [0.5, 0.6) is 0 Å². The van der Waals surface area contributed by atoms with Gasteiger partial charge in [0.15, 0.2) is 5.78 Å². The Bertz CT molecular complexity index is 367. The minimum Gasteiger partial charge on any atom is -0.292 e. The molecule has 2 nitrogen and oxygen atoms in total. The maximum absolute atomic E-state index is 12.0. The Labute approximate surface area is 98.1 Å². The molecule has 0 aliphatic rings. The average molecular weight is 219 g/mol. The van der Waals surface area contributed by atoms with Crippen LogP contribution in [0, 0.1) is 19.8 Å². The van der Waals surface area contributed by atoms with Gasteiger partial charge in [0.1, 0.15) is 5.69 Å². The standard InChI is InChI=1S/C14H21NO/c1-5-12(6-2)8-13(16)14-11(4)7-10(3)9-15-14/h7,9,12H,5-6,8H2,1-4H3. The van der Waals surface area contributed by atoms with E-state index in [2.05, 4.69) is 18.8 Å². The number of aryl methyl sites for hydroxylation is 2. The maximum Gasteiger partial charge on any atom is 0.181 e. The van der Waals surface area contributed by atoms with Crippen LogP contribution in [0.1, 0.15) is 54.7 Å². The number of ketones is 1. The summed E-state index contributed by atoms with van der Waals surface area (Å²) in [7, 11) is 0. The van der Waals surface area contributed by atoms with Crippen molar-refractivity contribution in [3.63, 3.8) is 0 Å². The molecular weight excluding hydrogens is 198 g/mol. The van der Waals surface area contributed by atoms with Gasteiger partial charge in [-0.15, -0.1) is 0 Å². The van der Waals surface area contributed by atoms with E-state index >= 15 is 0 Å². The summed E-state index contributed by atoms with van der Waals surface area (Å²) in [6.45, 7) is 8.23. The van der Waals surface area contributed by atoms with Gasteiger partial charge < -0.3 is 0 Å². The van der Waals surface area contributed by atoms with Crippen LogP contribution in [-0.4, -0.2) is 10.8 Å². The fraction of sp³-hybridized carbons (Fsp3) is 0.571. The van der Waals surface area contributed by atoms with E-state index in [1.165, 1.54) is 0 Å². The van der Waals surface area contributed by atoms with Crippen molar-refractivity contribution < 1.29 is 4.79 Å². The summed E-state index contributed by atoms with van der Waals surface area (Å²) in [4.78, 5) is 16.3. The fourth-order valence-corrected chi connectivity index (χ4v) is 1.94. The lowest BCUT2D eigenvalue weighted by Crippen LogP contribution is -2.10. The molecule has 0 saturated carbocycles. The van der Waals surface area contributed by atoms with Gasteiger partial charge in [-0.1, -0.05) is 32.8 Å². The van der Waals surface area contributed by atoms with Crippen LogP contribution in [0.25, 0.3) is 0 Å². The minimum absolute atomic E-state index is 0.186. The highest BCUT2D eigenvalue weighted by atomic mass is 16.1. The number of pyridine rings is 1. The molecule has 0 aliphatic carbocycles. The normalized spacial score (nSPS) is 10.8. The van der Waals surface area contributed by atoms with E-state index in [0.29, 0.717) is 18.0 Å². The van der Waals surface area contributed by atoms with Gasteiger partial charge in [-0.25, -0.2) is 0 Å². The van der Waals surface area contributed by atoms with Crippen LogP contribution in [-0.2, 0) is 0 Å². The Kier molecular flexibility index (Phi) is 4.66. The lowest BCUT2D eigenvalue weighted by atomic mass is 9.94. The predicted molar refractivity (Wildman–Crippen MR) is 66.7 cm³/mol. The zero-order valence-electron chi connectivity index (χ0n) is 10.7. The molecule has 0 spiro atoms. The van der Waals surface area contributed by atoms with E-state index in [0.717, 1.165) is 24.0 Å². The first kappa shape index (κ1) is 12.9. The van der Waals surface area contributed by atoms with Crippen molar-refractivity contribution in [3.8, 4) is 0 Å². The molecule has 16 heavy (non-hydrogen) atoms. The summed E-state index contributed by atoms with van der Waals surface area (Å²) in [5.74, 6) is 0.682. The highest BCUT2D eigenvalue weighted by Gasteiger charge is 2.15. The van der Waals surface area contributed by atoms with E-state index in [1.807, 2.05) is 19.9 Å². The van der Waals surface area contributed by atoms with Crippen LogP contribution in [0.4, 0.5) is 0 Å². The van der Waals surface area contributed by atoms with Gasteiger partial charge in [0.25, 0.3) is 0 Å². The van der Waals surface area contributed by atoms with Gasteiger partial charge in [-0.3, -0.25) is 9.78 Å². The molecule has 0 aromatic carbocycles. The van der Waals surface area contributed by atoms with Crippen LogP contribution in [0.3, 0.4) is 0 Å². The number of rotatable bonds is 5. The van der Waals surface area contributed by atoms with Gasteiger partial charge in [-0.2, -0.15) is 0 Å². The molecule has 0 saturated heterocycles. The second-order valence-electron chi connectivity index (χ2n) is 4.49. The summed E-state index contributed by atoms with van der Waals surface area (Å²) in [6, 6.07) is 2.02. The van der Waals surface area contributed by atoms with Gasteiger partial charge in [0.2, 0.25) is 0 Å². The lowest BCUT2D eigenvalue weighted by Gasteiger charge is -2.11. The van der Waals surface area contributed by atoms with Gasteiger partial charge in [0.05, 0.1) is 0 Å². The van der Waals surface area contributed by atoms with E-state index in [4.69, 9.17) is 0 Å². The Morgan fingerprint density at radius 3 is 2.44 bits per heavy atom. The first-order chi connectivity index (χ1) is 7.58. The van der Waals surface area contributed by atoms with E-state index in [-0.39, 0.29) is 5.78 Å². The third-order valence-corrected chi connectivity index (χ3v) is 3.11. The molecule has 0 fully saturated rings. The smallest absolute Gasteiger partial charge is 0.181 e. The van der Waals surface area contributed by atoms with Crippen molar-refractivity contribution >= 4 is 5.78 Å². The topological polar surface area (TPSA) is 30.0 Å². The fourth-order valence-electron chi connectivity index (χ4n) is 1.94. The molecule has 0 unspecified atom stereocenters. The number of Topliss-reactive ketones (excluding diaryl/α,β-unsaturated/α-hetero) is 1. The highest BCUT2D eigenvalue weighted by Crippen LogP contribution is 2.17. The number of nitrogens with zero attached hydrogens (tertiary/aromatic N) is 1. The summed E-state index contributed by atoms with van der Waals surface area (Å²) in [5, 5.41) is 0. The Morgan fingerprint density at radius 2 is 1.94 bits per heavy atom. The van der Waals surface area contributed by atoms with E-state index in [1.54, 1.807) is 6.20 Å². The largest absolute Gasteiger partial charge is 0.292 e. The van der Waals surface area contributed by atoms with Crippen molar-refractivity contribution in [2.45, 2.75) is 47.0 Å². The monoisotopic (exact) mass is 219 g/mol. The quantitative estimate of drug-likeness (QED) is 0.707. The Morgan fingerprint density at radius 1 is 1.31 bits per heavy atom. The van der Waals surface area contributed by atoms with Crippen molar-refractivity contribution in [2.24, 2.45) is 5.92 Å². The number of carbonyl (C=O) groups is 1. The van der Waals surface area contributed by atoms with Crippen LogP contribution in [0.2, 0.25) is 0 Å². The summed E-state index contributed by atoms with van der Waals surface area (Å²) in [6.07, 6.45) is 4.53. The van der Waals surface area contributed by atoms with E-state index in [9.17, 15) is 4.79 Å². The third-order valence-electron chi connectivity index (χ3n) is 3.11. The molecule has 0 radical (unpaired) electrons. The van der Waals surface area contributed by atoms with Crippen molar-refractivity contribution in [2.75, 3.05) is 0 Å². The molecular formula is C14H21NO. The molecule has 0 N–H and O–H groups in total. The molecule has 1 aromatic rings. The van der Waals surface area contributed by atoms with Crippen molar-refractivity contribution in [1.82, 2.24) is 4.98 Å². The summed E-state index contributed by atoms with van der Waals surface area (Å²) < 4.78 is 0. The van der Waals surface area contributed by atoms with E-state index < -0.39 is 0 Å². The number of hydrogen-bond acceptors (Lipinski definition) is 2. The number of carbonyl (C=O) groups excluding carboxylic acids is 1. The SMILES string of the molecule is CCC(CC)CC(=O)c1ncc(C)cc1C. The molecule has 0 amide bonds. The molecule has 1 heterocycles. The van der Waals surface area contributed by atoms with Gasteiger partial charge >= 0.3 is 0 Å². The van der Waals surface area contributed by atoms with Crippen LogP contribution >= 0.6 is 0 Å². The predicted octanol–water partition coefficient (Wildman–Crippen LogP) is 3.71. The molecule has 0 atom stereocenters. The Balaban J connectivity index is 2.80. The number of hydrogen-bond donors (Lipinski definition) is 0. The summed E-state index contributed by atoms with van der Waals surface area (Å²) in [5.41, 5.74) is 2.75. The molecule has 2 heteroatoms. The lowest BCUT2D eigenvalue weighted by molar-refractivity contribution is 0.0953. The average Bonchev–Trinajstić information content (AvgIpc) is 2.25. The van der Waals surface area contributed by atoms with Crippen molar-refractivity contribution in [1.29, 1.82) is 0 Å². The summed E-state index contributed by atoms with van der Waals surface area (Å²) >= 11 is 0. The second kappa shape index (κ2) is 5.78. The first-order valence-corrected chi connectivity index (χ1v) is 6.04. The molecule has 0 aliphatic heterocycles. The third kappa shape index (κ3) is 3.16. The van der Waals surface area contributed by atoms with Gasteiger partial charge in [0, 0.05) is 12.6 Å². The van der Waals surface area contributed by atoms with Crippen molar-refractivity contribution in [3.05, 3.63) is 29.1 Å². The maximum atomic E-state index is 12.0. The van der Waals surface area contributed by atoms with Gasteiger partial charge in [-0.05, 0) is 30.9 Å². The zero-order valence-corrected chi connectivity index (χ0v) is 10.7. The highest BCUT2D eigenvalue weighted by molar-refractivity contribution is 5.95.